The first kappa shape index (κ1) is 9.84. The van der Waals surface area contributed by atoms with Crippen LogP contribution in [0.4, 0.5) is 0 Å². The molecule has 62 valence electrons. The van der Waals surface area contributed by atoms with Crippen molar-refractivity contribution in [2.45, 2.75) is 25.2 Å². The van der Waals surface area contributed by atoms with Crippen molar-refractivity contribution in [3.63, 3.8) is 0 Å². The SMILES string of the molecule is CNC(O)CC[C@@H](O)CO. The van der Waals surface area contributed by atoms with Crippen LogP contribution in [0.15, 0.2) is 0 Å². The lowest BCUT2D eigenvalue weighted by atomic mass is 10.2. The van der Waals surface area contributed by atoms with Crippen LogP contribution in [0.2, 0.25) is 0 Å². The maximum atomic E-state index is 8.90. The highest BCUT2D eigenvalue weighted by Gasteiger charge is 2.05. The van der Waals surface area contributed by atoms with Crippen LogP contribution in [0.25, 0.3) is 0 Å². The van der Waals surface area contributed by atoms with Crippen LogP contribution >= 0.6 is 0 Å². The molecule has 0 aromatic rings. The van der Waals surface area contributed by atoms with E-state index in [1.165, 1.54) is 0 Å². The predicted molar refractivity (Wildman–Crippen MR) is 37.4 cm³/mol. The lowest BCUT2D eigenvalue weighted by molar-refractivity contribution is 0.0623. The molecular weight excluding hydrogens is 134 g/mol. The summed E-state index contributed by atoms with van der Waals surface area (Å²) in [6, 6.07) is 0. The van der Waals surface area contributed by atoms with E-state index >= 15 is 0 Å². The van der Waals surface area contributed by atoms with Gasteiger partial charge in [0.2, 0.25) is 0 Å². The average Bonchev–Trinajstić information content (AvgIpc) is 1.99. The van der Waals surface area contributed by atoms with Crippen molar-refractivity contribution < 1.29 is 15.3 Å². The number of hydrogen-bond acceptors (Lipinski definition) is 4. The summed E-state index contributed by atoms with van der Waals surface area (Å²) in [4.78, 5) is 0. The monoisotopic (exact) mass is 149 g/mol. The molecule has 4 N–H and O–H groups in total. The lowest BCUT2D eigenvalue weighted by Crippen LogP contribution is -2.26. The summed E-state index contributed by atoms with van der Waals surface area (Å²) in [5.74, 6) is 0. The molecule has 0 spiro atoms. The van der Waals surface area contributed by atoms with E-state index in [-0.39, 0.29) is 6.61 Å². The summed E-state index contributed by atoms with van der Waals surface area (Å²) in [5.41, 5.74) is 0. The lowest BCUT2D eigenvalue weighted by Gasteiger charge is -2.10. The van der Waals surface area contributed by atoms with E-state index in [1.54, 1.807) is 7.05 Å². The smallest absolute Gasteiger partial charge is 0.104 e. The van der Waals surface area contributed by atoms with Gasteiger partial charge in [0.05, 0.1) is 12.7 Å². The highest BCUT2D eigenvalue weighted by atomic mass is 16.3. The molecule has 0 aliphatic heterocycles. The van der Waals surface area contributed by atoms with Gasteiger partial charge in [0.25, 0.3) is 0 Å². The van der Waals surface area contributed by atoms with E-state index in [2.05, 4.69) is 5.32 Å². The molecule has 0 aromatic carbocycles. The molecule has 4 nitrogen and oxygen atoms in total. The summed E-state index contributed by atoms with van der Waals surface area (Å²) in [7, 11) is 1.63. The molecule has 0 heterocycles. The minimum Gasteiger partial charge on any atom is -0.394 e. The third-order valence-electron chi connectivity index (χ3n) is 1.32. The van der Waals surface area contributed by atoms with Gasteiger partial charge in [-0.15, -0.1) is 0 Å². The van der Waals surface area contributed by atoms with E-state index in [4.69, 9.17) is 15.3 Å². The Hall–Kier alpha value is -0.160. The second-order valence-electron chi connectivity index (χ2n) is 2.22. The second kappa shape index (κ2) is 5.61. The van der Waals surface area contributed by atoms with Gasteiger partial charge in [-0.3, -0.25) is 5.32 Å². The molecule has 0 fully saturated rings. The molecule has 1 unspecified atom stereocenters. The Morgan fingerprint density at radius 1 is 1.30 bits per heavy atom. The Kier molecular flexibility index (Phi) is 5.52. The Bertz CT molecular complexity index is 69.4. The zero-order chi connectivity index (χ0) is 7.98. The van der Waals surface area contributed by atoms with Crippen molar-refractivity contribution >= 4 is 0 Å². The maximum Gasteiger partial charge on any atom is 0.104 e. The molecule has 2 atom stereocenters. The minimum atomic E-state index is -0.706. The molecule has 0 aliphatic rings. The number of nitrogens with one attached hydrogen (secondary N) is 1. The van der Waals surface area contributed by atoms with Crippen LogP contribution in [-0.4, -0.2) is 41.3 Å². The van der Waals surface area contributed by atoms with Crippen molar-refractivity contribution in [1.82, 2.24) is 5.32 Å². The minimum absolute atomic E-state index is 0.240. The Balaban J connectivity index is 3.17. The maximum absolute atomic E-state index is 8.90. The molecular formula is C6H15NO3. The van der Waals surface area contributed by atoms with Gasteiger partial charge < -0.3 is 15.3 Å². The first-order valence-corrected chi connectivity index (χ1v) is 3.35. The molecule has 0 aromatic heterocycles. The largest absolute Gasteiger partial charge is 0.394 e. The standard InChI is InChI=1S/C6H15NO3/c1-7-6(10)3-2-5(9)4-8/h5-10H,2-4H2,1H3/t5-,6?/m1/s1. The van der Waals surface area contributed by atoms with Gasteiger partial charge in [0.1, 0.15) is 6.23 Å². The van der Waals surface area contributed by atoms with E-state index in [1.807, 2.05) is 0 Å². The molecule has 4 heteroatoms. The predicted octanol–water partition coefficient (Wildman–Crippen LogP) is -1.34. The number of aliphatic hydroxyl groups is 3. The van der Waals surface area contributed by atoms with Crippen LogP contribution in [-0.2, 0) is 0 Å². The molecule has 0 saturated heterocycles. The summed E-state index contributed by atoms with van der Waals surface area (Å²) >= 11 is 0. The summed E-state index contributed by atoms with van der Waals surface area (Å²) in [6.45, 7) is -0.240. The highest BCUT2D eigenvalue weighted by molar-refractivity contribution is 4.56. The van der Waals surface area contributed by atoms with Gasteiger partial charge in [-0.1, -0.05) is 0 Å². The van der Waals surface area contributed by atoms with Crippen molar-refractivity contribution in [2.24, 2.45) is 0 Å². The van der Waals surface area contributed by atoms with Crippen LogP contribution in [0.1, 0.15) is 12.8 Å². The topological polar surface area (TPSA) is 72.7 Å². The fourth-order valence-corrected chi connectivity index (χ4v) is 0.586. The molecule has 0 aliphatic carbocycles. The van der Waals surface area contributed by atoms with Crippen LogP contribution < -0.4 is 5.32 Å². The summed E-state index contributed by atoms with van der Waals surface area (Å²) in [5, 5.41) is 28.7. The van der Waals surface area contributed by atoms with Gasteiger partial charge in [-0.25, -0.2) is 0 Å². The number of rotatable bonds is 5. The number of aliphatic hydroxyl groups excluding tert-OH is 3. The summed E-state index contributed by atoms with van der Waals surface area (Å²) in [6.07, 6.45) is -0.416. The van der Waals surface area contributed by atoms with Crippen molar-refractivity contribution in [3.8, 4) is 0 Å². The highest BCUT2D eigenvalue weighted by Crippen LogP contribution is 1.97. The van der Waals surface area contributed by atoms with E-state index in [0.717, 1.165) is 0 Å². The third kappa shape index (κ3) is 4.69. The Morgan fingerprint density at radius 3 is 2.30 bits per heavy atom. The van der Waals surface area contributed by atoms with E-state index in [0.29, 0.717) is 12.8 Å². The number of hydrogen-bond donors (Lipinski definition) is 4. The first-order valence-electron chi connectivity index (χ1n) is 3.35. The molecule has 10 heavy (non-hydrogen) atoms. The Morgan fingerprint density at radius 2 is 1.90 bits per heavy atom. The van der Waals surface area contributed by atoms with Crippen molar-refractivity contribution in [2.75, 3.05) is 13.7 Å². The van der Waals surface area contributed by atoms with Gasteiger partial charge in [-0.05, 0) is 19.9 Å². The summed E-state index contributed by atoms with van der Waals surface area (Å²) < 4.78 is 0. The molecule has 0 saturated carbocycles. The van der Waals surface area contributed by atoms with Crippen molar-refractivity contribution in [1.29, 1.82) is 0 Å². The third-order valence-corrected chi connectivity index (χ3v) is 1.32. The molecule has 0 rings (SSSR count). The first-order chi connectivity index (χ1) is 4.70. The normalized spacial score (nSPS) is 16.8. The fraction of sp³-hybridized carbons (Fsp3) is 1.00. The van der Waals surface area contributed by atoms with Crippen LogP contribution in [0.5, 0.6) is 0 Å². The van der Waals surface area contributed by atoms with Gasteiger partial charge >= 0.3 is 0 Å². The fourth-order valence-electron chi connectivity index (χ4n) is 0.586. The van der Waals surface area contributed by atoms with E-state index in [9.17, 15) is 0 Å². The average molecular weight is 149 g/mol. The van der Waals surface area contributed by atoms with Gasteiger partial charge in [0, 0.05) is 0 Å². The van der Waals surface area contributed by atoms with Crippen LogP contribution in [0.3, 0.4) is 0 Å². The van der Waals surface area contributed by atoms with Crippen molar-refractivity contribution in [3.05, 3.63) is 0 Å². The van der Waals surface area contributed by atoms with Gasteiger partial charge in [0.15, 0.2) is 0 Å². The zero-order valence-corrected chi connectivity index (χ0v) is 6.12. The Labute approximate surface area is 60.5 Å². The van der Waals surface area contributed by atoms with E-state index < -0.39 is 12.3 Å². The molecule has 0 amide bonds. The quantitative estimate of drug-likeness (QED) is 0.365. The molecule has 0 radical (unpaired) electrons. The van der Waals surface area contributed by atoms with Crippen LogP contribution in [0, 0.1) is 0 Å². The second-order valence-corrected chi connectivity index (χ2v) is 2.22. The zero-order valence-electron chi connectivity index (χ0n) is 6.12. The molecule has 0 bridgehead atoms. The van der Waals surface area contributed by atoms with Gasteiger partial charge in [-0.2, -0.15) is 0 Å².